The lowest BCUT2D eigenvalue weighted by Gasteiger charge is -2.31. The molecule has 3 aromatic rings. The highest BCUT2D eigenvalue weighted by molar-refractivity contribution is 7.92. The van der Waals surface area contributed by atoms with Gasteiger partial charge in [-0.25, -0.2) is 13.4 Å². The average molecular weight is 484 g/mol. The summed E-state index contributed by atoms with van der Waals surface area (Å²) in [6, 6.07) is 14.3. The highest BCUT2D eigenvalue weighted by Crippen LogP contribution is 2.32. The minimum absolute atomic E-state index is 0.136. The lowest BCUT2D eigenvalue weighted by Crippen LogP contribution is -2.39. The molecule has 1 aliphatic rings. The molecule has 0 radical (unpaired) electrons. The predicted octanol–water partition coefficient (Wildman–Crippen LogP) is 4.07. The molecule has 33 heavy (non-hydrogen) atoms. The summed E-state index contributed by atoms with van der Waals surface area (Å²) in [6.07, 6.45) is 1.69. The predicted molar refractivity (Wildman–Crippen MR) is 128 cm³/mol. The van der Waals surface area contributed by atoms with Gasteiger partial charge in [-0.3, -0.25) is 0 Å². The molecule has 1 aromatic heterocycles. The van der Waals surface area contributed by atoms with Gasteiger partial charge in [0, 0.05) is 24.9 Å². The summed E-state index contributed by atoms with van der Waals surface area (Å²) >= 11 is 1.57. The Morgan fingerprint density at radius 1 is 1.12 bits per heavy atom. The number of sulfone groups is 1. The number of thiazole rings is 1. The Morgan fingerprint density at radius 3 is 2.55 bits per heavy atom. The van der Waals surface area contributed by atoms with Gasteiger partial charge in [0.25, 0.3) is 0 Å². The second-order valence-electron chi connectivity index (χ2n) is 7.83. The Kier molecular flexibility index (Phi) is 6.86. The molecule has 172 valence electrons. The van der Waals surface area contributed by atoms with E-state index in [1.54, 1.807) is 43.8 Å². The number of hydrogen-bond donors (Lipinski definition) is 0. The number of anilines is 1. The number of aromatic nitrogens is 1. The van der Waals surface area contributed by atoms with Gasteiger partial charge in [-0.05, 0) is 42.7 Å². The van der Waals surface area contributed by atoms with Crippen molar-refractivity contribution < 1.29 is 17.9 Å². The van der Waals surface area contributed by atoms with Gasteiger partial charge in [0.1, 0.15) is 6.07 Å². The number of methoxy groups -OCH3 is 2. The lowest BCUT2D eigenvalue weighted by molar-refractivity contribution is 0.354. The normalized spacial score (nSPS) is 14.6. The first-order valence-corrected chi connectivity index (χ1v) is 13.0. The molecule has 0 unspecified atom stereocenters. The van der Waals surface area contributed by atoms with Crippen molar-refractivity contribution in [2.24, 2.45) is 0 Å². The molecule has 0 aliphatic carbocycles. The Balaban J connectivity index is 1.42. The zero-order valence-corrected chi connectivity index (χ0v) is 20.2. The van der Waals surface area contributed by atoms with E-state index in [0.29, 0.717) is 43.9 Å². The second kappa shape index (κ2) is 9.81. The van der Waals surface area contributed by atoms with Crippen LogP contribution in [0.15, 0.2) is 52.7 Å². The Bertz CT molecular complexity index is 1270. The number of benzene rings is 2. The van der Waals surface area contributed by atoms with Gasteiger partial charge in [-0.2, -0.15) is 5.26 Å². The number of nitrogens with zero attached hydrogens (tertiary/aromatic N) is 3. The van der Waals surface area contributed by atoms with Crippen LogP contribution >= 0.6 is 11.3 Å². The molecular formula is C24H25N3O4S2. The number of rotatable bonds is 7. The van der Waals surface area contributed by atoms with Crippen LogP contribution < -0.4 is 14.4 Å². The van der Waals surface area contributed by atoms with E-state index in [4.69, 9.17) is 14.5 Å². The third-order valence-corrected chi connectivity index (χ3v) is 9.11. The van der Waals surface area contributed by atoms with Crippen molar-refractivity contribution in [1.29, 1.82) is 5.26 Å². The highest BCUT2D eigenvalue weighted by Gasteiger charge is 2.33. The minimum Gasteiger partial charge on any atom is -0.493 e. The molecule has 4 rings (SSSR count). The van der Waals surface area contributed by atoms with E-state index in [9.17, 15) is 13.7 Å². The van der Waals surface area contributed by atoms with Crippen LogP contribution in [0.5, 0.6) is 11.5 Å². The standard InChI is InChI=1S/C24H25N3O4S2/c1-30-21-8-7-17(14-22(21)31-2)13-19-16-32-24(26-19)27-11-9-20(10-12-27)33(28,29)23-6-4-3-5-18(23)15-25/h3-8,14,16,20H,9-13H2,1-2H3. The summed E-state index contributed by atoms with van der Waals surface area (Å²) in [5.41, 5.74) is 2.24. The molecule has 9 heteroatoms. The fourth-order valence-electron chi connectivity index (χ4n) is 4.07. The maximum Gasteiger partial charge on any atom is 0.185 e. The van der Waals surface area contributed by atoms with Crippen molar-refractivity contribution in [1.82, 2.24) is 4.98 Å². The van der Waals surface area contributed by atoms with Crippen molar-refractivity contribution in [3.63, 3.8) is 0 Å². The summed E-state index contributed by atoms with van der Waals surface area (Å²) in [5, 5.41) is 11.7. The summed E-state index contributed by atoms with van der Waals surface area (Å²) in [4.78, 5) is 7.06. The quantitative estimate of drug-likeness (QED) is 0.500. The minimum atomic E-state index is -3.55. The van der Waals surface area contributed by atoms with E-state index in [-0.39, 0.29) is 10.5 Å². The molecule has 2 aromatic carbocycles. The molecule has 0 atom stereocenters. The van der Waals surface area contributed by atoms with Gasteiger partial charge in [0.05, 0.1) is 35.6 Å². The van der Waals surface area contributed by atoms with Gasteiger partial charge >= 0.3 is 0 Å². The first kappa shape index (κ1) is 23.1. The molecule has 1 saturated heterocycles. The number of piperidine rings is 1. The number of ether oxygens (including phenoxy) is 2. The Labute approximate surface area is 198 Å². The van der Waals surface area contributed by atoms with Gasteiger partial charge < -0.3 is 14.4 Å². The van der Waals surface area contributed by atoms with E-state index in [0.717, 1.165) is 16.4 Å². The highest BCUT2D eigenvalue weighted by atomic mass is 32.2. The largest absolute Gasteiger partial charge is 0.493 e. The van der Waals surface area contributed by atoms with Crippen LogP contribution in [0.25, 0.3) is 0 Å². The molecule has 2 heterocycles. The van der Waals surface area contributed by atoms with E-state index < -0.39 is 15.1 Å². The first-order valence-electron chi connectivity index (χ1n) is 10.6. The topological polar surface area (TPSA) is 92.5 Å². The summed E-state index contributed by atoms with van der Waals surface area (Å²) in [6.45, 7) is 1.23. The van der Waals surface area contributed by atoms with Crippen molar-refractivity contribution in [3.05, 3.63) is 64.7 Å². The zero-order valence-electron chi connectivity index (χ0n) is 18.5. The van der Waals surface area contributed by atoms with E-state index in [2.05, 4.69) is 4.90 Å². The smallest absolute Gasteiger partial charge is 0.185 e. The molecule has 1 aliphatic heterocycles. The van der Waals surface area contributed by atoms with Crippen molar-refractivity contribution >= 4 is 26.3 Å². The Morgan fingerprint density at radius 2 is 1.85 bits per heavy atom. The Hall–Kier alpha value is -3.09. The van der Waals surface area contributed by atoms with Crippen LogP contribution in [0.3, 0.4) is 0 Å². The van der Waals surface area contributed by atoms with Crippen molar-refractivity contribution in [2.75, 3.05) is 32.2 Å². The molecule has 7 nitrogen and oxygen atoms in total. The first-order chi connectivity index (χ1) is 16.0. The SMILES string of the molecule is COc1ccc(Cc2csc(N3CCC(S(=O)(=O)c4ccccc4C#N)CC3)n2)cc1OC. The summed E-state index contributed by atoms with van der Waals surface area (Å²) in [7, 11) is -0.318. The van der Waals surface area contributed by atoms with Crippen LogP contribution in [-0.2, 0) is 16.3 Å². The van der Waals surface area contributed by atoms with E-state index >= 15 is 0 Å². The maximum atomic E-state index is 13.1. The van der Waals surface area contributed by atoms with E-state index in [1.165, 1.54) is 6.07 Å². The fraction of sp³-hybridized carbons (Fsp3) is 0.333. The van der Waals surface area contributed by atoms with Gasteiger partial charge in [-0.15, -0.1) is 11.3 Å². The molecule has 0 spiro atoms. The fourth-order valence-corrected chi connectivity index (χ4v) is 6.82. The van der Waals surface area contributed by atoms with Crippen LogP contribution in [0.4, 0.5) is 5.13 Å². The number of nitriles is 1. The molecule has 0 N–H and O–H groups in total. The second-order valence-corrected chi connectivity index (χ2v) is 10.9. The average Bonchev–Trinajstić information content (AvgIpc) is 3.32. The monoisotopic (exact) mass is 483 g/mol. The lowest BCUT2D eigenvalue weighted by atomic mass is 10.1. The van der Waals surface area contributed by atoms with Crippen molar-refractivity contribution in [3.8, 4) is 17.6 Å². The molecule has 0 bridgehead atoms. The molecular weight excluding hydrogens is 458 g/mol. The molecule has 0 amide bonds. The number of hydrogen-bond acceptors (Lipinski definition) is 8. The van der Waals surface area contributed by atoms with Gasteiger partial charge in [0.2, 0.25) is 0 Å². The van der Waals surface area contributed by atoms with Crippen LogP contribution in [0.2, 0.25) is 0 Å². The zero-order chi connectivity index (χ0) is 23.4. The van der Waals surface area contributed by atoms with Gasteiger partial charge in [-0.1, -0.05) is 18.2 Å². The third-order valence-electron chi connectivity index (χ3n) is 5.84. The van der Waals surface area contributed by atoms with E-state index in [1.807, 2.05) is 29.6 Å². The third kappa shape index (κ3) is 4.82. The summed E-state index contributed by atoms with van der Waals surface area (Å²) < 4.78 is 36.9. The van der Waals surface area contributed by atoms with Gasteiger partial charge in [0.15, 0.2) is 26.5 Å². The molecule has 0 saturated carbocycles. The van der Waals surface area contributed by atoms with Crippen LogP contribution in [-0.4, -0.2) is 46.0 Å². The summed E-state index contributed by atoms with van der Waals surface area (Å²) in [5.74, 6) is 1.38. The maximum absolute atomic E-state index is 13.1. The van der Waals surface area contributed by atoms with Crippen LogP contribution in [0.1, 0.15) is 29.7 Å². The van der Waals surface area contributed by atoms with Crippen molar-refractivity contribution in [2.45, 2.75) is 29.4 Å². The molecule has 1 fully saturated rings. The van der Waals surface area contributed by atoms with Crippen LogP contribution in [0, 0.1) is 11.3 Å².